The predicted octanol–water partition coefficient (Wildman–Crippen LogP) is 6.59. The van der Waals surface area contributed by atoms with Gasteiger partial charge in [-0.15, -0.1) is 11.3 Å². The maximum atomic E-state index is 12.8. The molecular weight excluding hydrogens is 420 g/mol. The number of benzene rings is 2. The highest BCUT2D eigenvalue weighted by Crippen LogP contribution is 2.41. The summed E-state index contributed by atoms with van der Waals surface area (Å²) >= 11 is 1.65. The number of methoxy groups -OCH3 is 1. The van der Waals surface area contributed by atoms with Crippen LogP contribution in [0.25, 0.3) is 26.8 Å². The molecule has 0 radical (unpaired) electrons. The number of furan rings is 1. The van der Waals surface area contributed by atoms with Crippen LogP contribution in [0.1, 0.15) is 47.2 Å². The zero-order valence-corrected chi connectivity index (χ0v) is 19.6. The molecule has 2 aromatic heterocycles. The fourth-order valence-electron chi connectivity index (χ4n) is 4.67. The third-order valence-corrected chi connectivity index (χ3v) is 7.12. The number of fused-ring (bicyclic) bond motifs is 4. The molecule has 0 saturated heterocycles. The topological polar surface area (TPSA) is 64.4 Å². The third kappa shape index (κ3) is 3.58. The van der Waals surface area contributed by atoms with Gasteiger partial charge in [0.2, 0.25) is 5.91 Å². The minimum atomic E-state index is -0.178. The highest BCUT2D eigenvalue weighted by molar-refractivity contribution is 7.18. The number of hydrogen-bond donors (Lipinski definition) is 1. The van der Waals surface area contributed by atoms with E-state index in [-0.39, 0.29) is 5.91 Å². The van der Waals surface area contributed by atoms with E-state index >= 15 is 0 Å². The molecule has 5 nitrogen and oxygen atoms in total. The molecule has 2 heterocycles. The quantitative estimate of drug-likeness (QED) is 0.359. The number of allylic oxidation sites excluding steroid dienone is 1. The molecular formula is C26H26N2O3S. The largest absolute Gasteiger partial charge is 0.496 e. The summed E-state index contributed by atoms with van der Waals surface area (Å²) in [4.78, 5) is 17.3. The Morgan fingerprint density at radius 2 is 2.03 bits per heavy atom. The van der Waals surface area contributed by atoms with Gasteiger partial charge < -0.3 is 14.5 Å². The molecule has 1 amide bonds. The lowest BCUT2D eigenvalue weighted by Crippen LogP contribution is -2.08. The Kier molecular flexibility index (Phi) is 5.25. The second kappa shape index (κ2) is 8.10. The Labute approximate surface area is 191 Å². The first-order valence-electron chi connectivity index (χ1n) is 10.9. The van der Waals surface area contributed by atoms with Crippen molar-refractivity contribution in [3.05, 3.63) is 57.8 Å². The number of nitrogens with one attached hydrogen (secondary N) is 1. The van der Waals surface area contributed by atoms with Crippen LogP contribution in [0.5, 0.6) is 5.75 Å². The van der Waals surface area contributed by atoms with Crippen LogP contribution >= 0.6 is 11.3 Å². The number of hydrogen-bond acceptors (Lipinski definition) is 5. The van der Waals surface area contributed by atoms with E-state index in [1.165, 1.54) is 18.4 Å². The van der Waals surface area contributed by atoms with Crippen molar-refractivity contribution in [1.82, 2.24) is 4.98 Å². The fraction of sp³-hybridized carbons (Fsp3) is 0.308. The molecule has 0 unspecified atom stereocenters. The van der Waals surface area contributed by atoms with E-state index < -0.39 is 0 Å². The fourth-order valence-corrected chi connectivity index (χ4v) is 5.47. The molecule has 4 aromatic rings. The van der Waals surface area contributed by atoms with Crippen molar-refractivity contribution >= 4 is 49.7 Å². The zero-order valence-electron chi connectivity index (χ0n) is 18.8. The van der Waals surface area contributed by atoms with E-state index in [4.69, 9.17) is 9.15 Å². The van der Waals surface area contributed by atoms with Crippen LogP contribution in [0.15, 0.2) is 34.8 Å². The SMILES string of the molecule is COc1c(/C(C)=C/C(=O)Nc2ccc3sc(C)nc3c2)cc2c3c(oc2c1C)CCCC3. The third-order valence-electron chi connectivity index (χ3n) is 6.17. The molecule has 2 aromatic carbocycles. The molecule has 0 bridgehead atoms. The first-order chi connectivity index (χ1) is 15.4. The summed E-state index contributed by atoms with van der Waals surface area (Å²) in [6.45, 7) is 5.96. The number of rotatable bonds is 4. The molecule has 32 heavy (non-hydrogen) atoms. The Morgan fingerprint density at radius 1 is 1.22 bits per heavy atom. The minimum absolute atomic E-state index is 0.178. The molecule has 164 valence electrons. The van der Waals surface area contributed by atoms with Crippen LogP contribution in [0.4, 0.5) is 5.69 Å². The molecule has 0 fully saturated rings. The zero-order chi connectivity index (χ0) is 22.4. The second-order valence-electron chi connectivity index (χ2n) is 8.40. The number of nitrogens with zero attached hydrogens (tertiary/aromatic N) is 1. The normalized spacial score (nSPS) is 14.1. The van der Waals surface area contributed by atoms with Crippen molar-refractivity contribution in [1.29, 1.82) is 0 Å². The summed E-state index contributed by atoms with van der Waals surface area (Å²) in [5.74, 6) is 1.67. The van der Waals surface area contributed by atoms with Crippen molar-refractivity contribution in [2.75, 3.05) is 12.4 Å². The molecule has 0 spiro atoms. The molecule has 6 heteroatoms. The van der Waals surface area contributed by atoms with Gasteiger partial charge in [-0.2, -0.15) is 0 Å². The van der Waals surface area contributed by atoms with Crippen LogP contribution in [0, 0.1) is 13.8 Å². The van der Waals surface area contributed by atoms with E-state index in [1.807, 2.05) is 39.0 Å². The lowest BCUT2D eigenvalue weighted by molar-refractivity contribution is -0.111. The van der Waals surface area contributed by atoms with E-state index in [2.05, 4.69) is 16.4 Å². The van der Waals surface area contributed by atoms with E-state index in [0.29, 0.717) is 0 Å². The van der Waals surface area contributed by atoms with Gasteiger partial charge in [-0.3, -0.25) is 4.79 Å². The summed E-state index contributed by atoms with van der Waals surface area (Å²) in [6, 6.07) is 7.94. The highest BCUT2D eigenvalue weighted by atomic mass is 32.1. The number of amides is 1. The van der Waals surface area contributed by atoms with Crippen LogP contribution in [-0.2, 0) is 17.6 Å². The smallest absolute Gasteiger partial charge is 0.248 e. The second-order valence-corrected chi connectivity index (χ2v) is 9.64. The number of aryl methyl sites for hydroxylation is 4. The average Bonchev–Trinajstić information content (AvgIpc) is 3.33. The molecule has 0 atom stereocenters. The molecule has 1 aliphatic rings. The molecule has 0 aliphatic heterocycles. The monoisotopic (exact) mass is 446 g/mol. The molecule has 5 rings (SSSR count). The van der Waals surface area contributed by atoms with Gasteiger partial charge in [0.05, 0.1) is 22.3 Å². The van der Waals surface area contributed by atoms with Gasteiger partial charge in [-0.25, -0.2) is 4.98 Å². The summed E-state index contributed by atoms with van der Waals surface area (Å²) in [7, 11) is 1.67. The molecule has 1 aliphatic carbocycles. The standard InChI is InChI=1S/C26H26N2O3S/c1-14(11-24(29)28-17-9-10-23-21(12-17)27-16(3)32-23)19-13-20-18-7-5-6-8-22(18)31-26(20)15(2)25(19)30-4/h9-13H,5-8H2,1-4H3,(H,28,29)/b14-11+. The van der Waals surface area contributed by atoms with E-state index in [9.17, 15) is 4.79 Å². The number of thiazole rings is 1. The van der Waals surface area contributed by atoms with Crippen molar-refractivity contribution in [2.45, 2.75) is 46.5 Å². The Morgan fingerprint density at radius 3 is 2.84 bits per heavy atom. The van der Waals surface area contributed by atoms with Gasteiger partial charge in [0.15, 0.2) is 0 Å². The van der Waals surface area contributed by atoms with Crippen molar-refractivity contribution in [3.63, 3.8) is 0 Å². The maximum absolute atomic E-state index is 12.8. The predicted molar refractivity (Wildman–Crippen MR) is 131 cm³/mol. The maximum Gasteiger partial charge on any atom is 0.248 e. The number of carbonyl (C=O) groups excluding carboxylic acids is 1. The van der Waals surface area contributed by atoms with Gasteiger partial charge in [-0.1, -0.05) is 0 Å². The summed E-state index contributed by atoms with van der Waals surface area (Å²) in [5, 5.41) is 5.12. The van der Waals surface area contributed by atoms with Crippen molar-refractivity contribution < 1.29 is 13.9 Å². The number of anilines is 1. The summed E-state index contributed by atoms with van der Waals surface area (Å²) in [5.41, 5.74) is 6.60. The Balaban J connectivity index is 1.49. The van der Waals surface area contributed by atoms with Gasteiger partial charge in [0, 0.05) is 40.3 Å². The number of carbonyl (C=O) groups is 1. The van der Waals surface area contributed by atoms with Gasteiger partial charge >= 0.3 is 0 Å². The van der Waals surface area contributed by atoms with Gasteiger partial charge in [-0.05, 0) is 69.9 Å². The highest BCUT2D eigenvalue weighted by Gasteiger charge is 2.23. The minimum Gasteiger partial charge on any atom is -0.496 e. The number of ether oxygens (including phenoxy) is 1. The first kappa shape index (κ1) is 20.8. The van der Waals surface area contributed by atoms with Crippen molar-refractivity contribution in [2.24, 2.45) is 0 Å². The van der Waals surface area contributed by atoms with Gasteiger partial charge in [0.25, 0.3) is 0 Å². The van der Waals surface area contributed by atoms with Crippen molar-refractivity contribution in [3.8, 4) is 5.75 Å². The van der Waals surface area contributed by atoms with Gasteiger partial charge in [0.1, 0.15) is 17.1 Å². The lowest BCUT2D eigenvalue weighted by atomic mass is 9.93. The first-order valence-corrected chi connectivity index (χ1v) is 11.7. The Bertz CT molecular complexity index is 1390. The lowest BCUT2D eigenvalue weighted by Gasteiger charge is -2.13. The van der Waals surface area contributed by atoms with Crippen LogP contribution in [0.3, 0.4) is 0 Å². The average molecular weight is 447 g/mol. The van der Waals surface area contributed by atoms with E-state index in [1.54, 1.807) is 24.5 Å². The van der Waals surface area contributed by atoms with Crippen LogP contribution < -0.4 is 10.1 Å². The summed E-state index contributed by atoms with van der Waals surface area (Å²) in [6.07, 6.45) is 6.01. The van der Waals surface area contributed by atoms with Crippen LogP contribution in [0.2, 0.25) is 0 Å². The number of aromatic nitrogens is 1. The Hall–Kier alpha value is -3.12. The molecule has 1 N–H and O–H groups in total. The summed E-state index contributed by atoms with van der Waals surface area (Å²) < 4.78 is 13.1. The molecule has 0 saturated carbocycles. The van der Waals surface area contributed by atoms with E-state index in [0.717, 1.165) is 72.9 Å². The van der Waals surface area contributed by atoms with Crippen LogP contribution in [-0.4, -0.2) is 18.0 Å².